The molecular formula is C25H25N3O6S. The fourth-order valence-electron chi connectivity index (χ4n) is 4.98. The smallest absolute Gasteiger partial charge is 0.329 e. The lowest BCUT2D eigenvalue weighted by atomic mass is 10.0. The van der Waals surface area contributed by atoms with Crippen LogP contribution in [0.2, 0.25) is 0 Å². The number of sulfonamides is 1. The summed E-state index contributed by atoms with van der Waals surface area (Å²) >= 11 is 0. The van der Waals surface area contributed by atoms with E-state index >= 15 is 0 Å². The maximum atomic E-state index is 13.1. The highest BCUT2D eigenvalue weighted by Crippen LogP contribution is 2.32. The van der Waals surface area contributed by atoms with Gasteiger partial charge in [0.15, 0.2) is 11.9 Å². The van der Waals surface area contributed by atoms with E-state index in [0.717, 1.165) is 11.3 Å². The molecule has 3 aliphatic rings. The van der Waals surface area contributed by atoms with Crippen LogP contribution in [0.15, 0.2) is 51.8 Å². The maximum Gasteiger partial charge on any atom is 0.329 e. The predicted molar refractivity (Wildman–Crippen MR) is 128 cm³/mol. The number of fused-ring (bicyclic) bond motifs is 2. The molecule has 1 unspecified atom stereocenters. The summed E-state index contributed by atoms with van der Waals surface area (Å²) < 4.78 is 34.4. The first kappa shape index (κ1) is 23.2. The van der Waals surface area contributed by atoms with E-state index in [1.54, 1.807) is 46.2 Å². The van der Waals surface area contributed by atoms with E-state index < -0.39 is 28.1 Å². The van der Waals surface area contributed by atoms with E-state index in [2.05, 4.69) is 4.40 Å². The molecule has 0 N–H and O–H groups in total. The van der Waals surface area contributed by atoms with Crippen LogP contribution in [-0.2, 0) is 30.8 Å². The number of esters is 1. The number of hydrogen-bond donors (Lipinski definition) is 0. The Labute approximate surface area is 203 Å². The number of anilines is 1. The Morgan fingerprint density at radius 2 is 1.89 bits per heavy atom. The van der Waals surface area contributed by atoms with E-state index in [0.29, 0.717) is 43.5 Å². The van der Waals surface area contributed by atoms with E-state index in [4.69, 9.17) is 4.74 Å². The Balaban J connectivity index is 1.31. The third-order valence-electron chi connectivity index (χ3n) is 6.71. The molecule has 1 amide bonds. The van der Waals surface area contributed by atoms with Gasteiger partial charge in [-0.15, -0.1) is 4.40 Å². The van der Waals surface area contributed by atoms with Crippen molar-refractivity contribution in [2.45, 2.75) is 50.2 Å². The predicted octanol–water partition coefficient (Wildman–Crippen LogP) is 2.32. The number of rotatable bonds is 4. The fraction of sp³-hybridized carbons (Fsp3) is 0.360. The molecule has 0 aromatic heterocycles. The molecule has 0 bridgehead atoms. The number of likely N-dealkylation sites (tertiary alicyclic amines) is 1. The number of ether oxygens (including phenoxy) is 1. The minimum Gasteiger partial charge on any atom is -0.453 e. The van der Waals surface area contributed by atoms with Gasteiger partial charge < -0.3 is 14.5 Å². The van der Waals surface area contributed by atoms with Crippen LogP contribution in [0.1, 0.15) is 48.2 Å². The van der Waals surface area contributed by atoms with Crippen molar-refractivity contribution in [1.82, 2.24) is 4.90 Å². The number of benzene rings is 2. The molecule has 182 valence electrons. The van der Waals surface area contributed by atoms with E-state index in [9.17, 15) is 22.8 Å². The molecule has 1 saturated heterocycles. The largest absolute Gasteiger partial charge is 0.453 e. The number of carbonyl (C=O) groups excluding carboxylic acids is 3. The topological polar surface area (TPSA) is 113 Å². The van der Waals surface area contributed by atoms with E-state index in [1.807, 2.05) is 0 Å². The van der Waals surface area contributed by atoms with Gasteiger partial charge in [-0.25, -0.2) is 4.79 Å². The zero-order valence-electron chi connectivity index (χ0n) is 19.4. The Morgan fingerprint density at radius 1 is 1.11 bits per heavy atom. The summed E-state index contributed by atoms with van der Waals surface area (Å²) in [6.45, 7) is 4.07. The quantitative estimate of drug-likeness (QED) is 0.472. The molecule has 3 heterocycles. The molecule has 0 aliphatic carbocycles. The van der Waals surface area contributed by atoms with Crippen LogP contribution >= 0.6 is 0 Å². The maximum absolute atomic E-state index is 13.1. The Bertz CT molecular complexity index is 1380. The Morgan fingerprint density at radius 3 is 2.66 bits per heavy atom. The number of amidine groups is 1. The van der Waals surface area contributed by atoms with Crippen LogP contribution in [0, 0.1) is 0 Å². The Kier molecular flexibility index (Phi) is 5.71. The molecule has 2 aromatic rings. The third-order valence-corrected chi connectivity index (χ3v) is 8.04. The lowest BCUT2D eigenvalue weighted by Gasteiger charge is -2.26. The summed E-state index contributed by atoms with van der Waals surface area (Å²) in [7, 11) is -3.81. The molecule has 0 radical (unpaired) electrons. The van der Waals surface area contributed by atoms with Gasteiger partial charge in [0.2, 0.25) is 11.7 Å². The van der Waals surface area contributed by atoms with Crippen LogP contribution in [0.5, 0.6) is 0 Å². The van der Waals surface area contributed by atoms with E-state index in [1.165, 1.54) is 19.9 Å². The van der Waals surface area contributed by atoms with Gasteiger partial charge in [0, 0.05) is 36.8 Å². The standard InChI is InChI=1S/C25H25N3O6S/c1-15(23(30)18-9-10-20-17(14-18)11-13-27(20)16(2)29)34-25(31)21-7-5-12-28(21)24-19-6-3-4-8-22(19)35(32,33)26-24/h3-4,6,8-10,14-15,21H,5,7,11-13H2,1-2H3/t15?,21-/m0/s1. The number of hydrogen-bond acceptors (Lipinski definition) is 7. The molecule has 35 heavy (non-hydrogen) atoms. The Hall–Kier alpha value is -3.53. The molecule has 0 saturated carbocycles. The highest BCUT2D eigenvalue weighted by Gasteiger charge is 2.40. The summed E-state index contributed by atoms with van der Waals surface area (Å²) in [4.78, 5) is 41.3. The van der Waals surface area contributed by atoms with Gasteiger partial charge in [-0.05, 0) is 62.1 Å². The number of Topliss-reactive ketones (excluding diaryl/α,β-unsaturated/α-hetero) is 1. The monoisotopic (exact) mass is 495 g/mol. The average molecular weight is 496 g/mol. The molecule has 2 aromatic carbocycles. The van der Waals surface area contributed by atoms with Crippen molar-refractivity contribution >= 4 is 39.2 Å². The van der Waals surface area contributed by atoms with Crippen LogP contribution in [0.4, 0.5) is 5.69 Å². The van der Waals surface area contributed by atoms with Gasteiger partial charge in [0.25, 0.3) is 10.0 Å². The zero-order valence-corrected chi connectivity index (χ0v) is 20.2. The minimum atomic E-state index is -3.81. The van der Waals surface area contributed by atoms with Gasteiger partial charge in [-0.3, -0.25) is 9.59 Å². The number of ketones is 1. The third kappa shape index (κ3) is 4.01. The normalized spacial score (nSPS) is 20.7. The summed E-state index contributed by atoms with van der Waals surface area (Å²) in [5.74, 6) is -0.726. The molecule has 1 fully saturated rings. The fourth-order valence-corrected chi connectivity index (χ4v) is 6.20. The van der Waals surface area contributed by atoms with Crippen molar-refractivity contribution in [2.75, 3.05) is 18.0 Å². The van der Waals surface area contributed by atoms with Crippen LogP contribution in [-0.4, -0.2) is 62.0 Å². The van der Waals surface area contributed by atoms with Crippen LogP contribution in [0.3, 0.4) is 0 Å². The average Bonchev–Trinajstić information content (AvgIpc) is 3.54. The molecule has 9 nitrogen and oxygen atoms in total. The number of carbonyl (C=O) groups is 3. The number of nitrogens with zero attached hydrogens (tertiary/aromatic N) is 3. The van der Waals surface area contributed by atoms with Crippen molar-refractivity contribution in [3.05, 3.63) is 59.2 Å². The van der Waals surface area contributed by atoms with Gasteiger partial charge in [0.1, 0.15) is 10.9 Å². The van der Waals surface area contributed by atoms with Gasteiger partial charge >= 0.3 is 5.97 Å². The first-order valence-electron chi connectivity index (χ1n) is 11.5. The van der Waals surface area contributed by atoms with Crippen molar-refractivity contribution in [1.29, 1.82) is 0 Å². The first-order chi connectivity index (χ1) is 16.7. The zero-order chi connectivity index (χ0) is 24.9. The second kappa shape index (κ2) is 8.60. The first-order valence-corrected chi connectivity index (χ1v) is 13.0. The van der Waals surface area contributed by atoms with Crippen LogP contribution < -0.4 is 4.90 Å². The second-order valence-electron chi connectivity index (χ2n) is 8.95. The van der Waals surface area contributed by atoms with Crippen molar-refractivity contribution in [3.8, 4) is 0 Å². The summed E-state index contributed by atoms with van der Waals surface area (Å²) in [5, 5.41) is 0. The highest BCUT2D eigenvalue weighted by molar-refractivity contribution is 7.90. The second-order valence-corrected chi connectivity index (χ2v) is 10.5. The van der Waals surface area contributed by atoms with Crippen molar-refractivity contribution < 1.29 is 27.5 Å². The van der Waals surface area contributed by atoms with Crippen molar-refractivity contribution in [2.24, 2.45) is 4.40 Å². The molecule has 10 heteroatoms. The highest BCUT2D eigenvalue weighted by atomic mass is 32.2. The molecule has 5 rings (SSSR count). The summed E-state index contributed by atoms with van der Waals surface area (Å²) in [6.07, 6.45) is 0.782. The minimum absolute atomic E-state index is 0.0477. The van der Waals surface area contributed by atoms with Gasteiger partial charge in [0.05, 0.1) is 0 Å². The lowest BCUT2D eigenvalue weighted by molar-refractivity contribution is -0.150. The molecule has 3 aliphatic heterocycles. The summed E-state index contributed by atoms with van der Waals surface area (Å²) in [5.41, 5.74) is 2.59. The SMILES string of the molecule is CC(=O)N1CCc2cc(C(=O)C(C)OC(=O)[C@@H]3CCCN3C3=NS(=O)(=O)c4ccccc43)ccc21. The van der Waals surface area contributed by atoms with Gasteiger partial charge in [-0.2, -0.15) is 8.42 Å². The molecule has 0 spiro atoms. The van der Waals surface area contributed by atoms with E-state index in [-0.39, 0.29) is 22.4 Å². The number of amides is 1. The van der Waals surface area contributed by atoms with Crippen molar-refractivity contribution in [3.63, 3.8) is 0 Å². The van der Waals surface area contributed by atoms with Gasteiger partial charge in [-0.1, -0.05) is 12.1 Å². The molecular weight excluding hydrogens is 470 g/mol. The van der Waals surface area contributed by atoms with Crippen LogP contribution in [0.25, 0.3) is 0 Å². The molecule has 2 atom stereocenters. The summed E-state index contributed by atoms with van der Waals surface area (Å²) in [6, 6.07) is 10.9. The lowest BCUT2D eigenvalue weighted by Crippen LogP contribution is -2.43.